The maximum absolute atomic E-state index is 13.6. The molecule has 2 aliphatic heterocycles. The molecule has 49 heavy (non-hydrogen) atoms. The number of aliphatic carboxylic acids is 1. The second-order valence-corrected chi connectivity index (χ2v) is 13.0. The summed E-state index contributed by atoms with van der Waals surface area (Å²) in [5.74, 6) is -3.98. The van der Waals surface area contributed by atoms with Crippen molar-refractivity contribution in [3.63, 3.8) is 0 Å². The van der Waals surface area contributed by atoms with Gasteiger partial charge in [0.25, 0.3) is 0 Å². The Morgan fingerprint density at radius 2 is 1.53 bits per heavy atom. The van der Waals surface area contributed by atoms with Crippen LogP contribution in [0.4, 0.5) is 0 Å². The van der Waals surface area contributed by atoms with Crippen molar-refractivity contribution >= 4 is 35.5 Å². The molecule has 7 atom stereocenters. The van der Waals surface area contributed by atoms with Crippen LogP contribution in [0.5, 0.6) is 0 Å². The van der Waals surface area contributed by atoms with Crippen molar-refractivity contribution in [1.29, 1.82) is 0 Å². The quantitative estimate of drug-likeness (QED) is 0.150. The molecule has 4 rings (SSSR count). The zero-order chi connectivity index (χ0) is 35.7. The average molecular weight is 681 g/mol. The van der Waals surface area contributed by atoms with Crippen LogP contribution in [0.2, 0.25) is 0 Å². The number of nitrogens with zero attached hydrogens (tertiary/aromatic N) is 3. The molecule has 7 N–H and O–H groups in total. The number of nitrogens with one attached hydrogen (secondary N) is 4. The standard InChI is InChI=1S/C34H48N8O7/c1-4-20(2)28(31(45)39-25(34(48)49)16-22-10-6-5-7-11-22)40-30(44)27-13-8-14-41(27)32(46)21(3)38-29(43)26-12-9-15-42(26)33(47)24(35)17-23-18-36-19-37-23/h5-7,10-11,18-21,24-28H,4,8-9,12-17,35H2,1-3H3,(H,36,37)(H,38,43)(H,39,45)(H,40,44)(H,48,49)/t20-,21-,24-,25-,26-,27-,28-/m0/s1. The third kappa shape index (κ3) is 9.43. The fourth-order valence-corrected chi connectivity index (χ4v) is 6.42. The molecule has 0 aliphatic carbocycles. The minimum absolute atomic E-state index is 0.0718. The van der Waals surface area contributed by atoms with Gasteiger partial charge in [-0.15, -0.1) is 0 Å². The van der Waals surface area contributed by atoms with Crippen molar-refractivity contribution < 1.29 is 33.9 Å². The lowest BCUT2D eigenvalue weighted by atomic mass is 9.96. The van der Waals surface area contributed by atoms with Crippen LogP contribution in [0, 0.1) is 5.92 Å². The molecular formula is C34H48N8O7. The van der Waals surface area contributed by atoms with E-state index in [2.05, 4.69) is 25.9 Å². The smallest absolute Gasteiger partial charge is 0.326 e. The third-order valence-electron chi connectivity index (χ3n) is 9.41. The summed E-state index contributed by atoms with van der Waals surface area (Å²) in [6.07, 6.45) is 5.87. The van der Waals surface area contributed by atoms with Crippen molar-refractivity contribution in [2.45, 2.75) is 102 Å². The van der Waals surface area contributed by atoms with Crippen molar-refractivity contribution in [2.24, 2.45) is 11.7 Å². The van der Waals surface area contributed by atoms with E-state index < -0.39 is 65.8 Å². The number of hydrogen-bond donors (Lipinski definition) is 6. The van der Waals surface area contributed by atoms with E-state index in [1.165, 1.54) is 23.1 Å². The van der Waals surface area contributed by atoms with Crippen LogP contribution in [0.15, 0.2) is 42.9 Å². The molecule has 0 unspecified atom stereocenters. The predicted molar refractivity (Wildman–Crippen MR) is 178 cm³/mol. The van der Waals surface area contributed by atoms with E-state index in [0.29, 0.717) is 44.3 Å². The molecule has 2 aliphatic rings. The maximum atomic E-state index is 13.6. The van der Waals surface area contributed by atoms with Crippen LogP contribution in [0.25, 0.3) is 0 Å². The number of carboxylic acids is 1. The number of carbonyl (C=O) groups excluding carboxylic acids is 5. The Hall–Kier alpha value is -4.79. The molecule has 0 saturated carbocycles. The topological polar surface area (TPSA) is 220 Å². The molecule has 3 heterocycles. The fourth-order valence-electron chi connectivity index (χ4n) is 6.42. The molecule has 0 spiro atoms. The number of imidazole rings is 1. The summed E-state index contributed by atoms with van der Waals surface area (Å²) < 4.78 is 0. The molecule has 266 valence electrons. The monoisotopic (exact) mass is 680 g/mol. The number of likely N-dealkylation sites (tertiary alicyclic amines) is 2. The minimum atomic E-state index is -1.20. The SMILES string of the molecule is CC[C@H](C)[C@H](NC(=O)[C@@H]1CCCN1C(=O)[C@H](C)NC(=O)[C@@H]1CCCN1C(=O)[C@@H](N)Cc1cnc[nH]1)C(=O)N[C@@H](Cc1ccccc1)C(=O)O. The molecule has 0 radical (unpaired) electrons. The molecule has 15 nitrogen and oxygen atoms in total. The highest BCUT2D eigenvalue weighted by Gasteiger charge is 2.41. The number of carboxylic acid groups (broad SMARTS) is 1. The van der Waals surface area contributed by atoms with E-state index in [4.69, 9.17) is 5.73 Å². The van der Waals surface area contributed by atoms with Crippen LogP contribution in [-0.2, 0) is 41.6 Å². The molecule has 5 amide bonds. The lowest BCUT2D eigenvalue weighted by molar-refractivity contribution is -0.144. The average Bonchev–Trinajstić information content (AvgIpc) is 3.89. The van der Waals surface area contributed by atoms with Gasteiger partial charge in [0.1, 0.15) is 30.2 Å². The van der Waals surface area contributed by atoms with Gasteiger partial charge in [0.15, 0.2) is 0 Å². The Kier molecular flexibility index (Phi) is 12.9. The molecule has 2 aromatic rings. The summed E-state index contributed by atoms with van der Waals surface area (Å²) in [6, 6.07) is 3.18. The van der Waals surface area contributed by atoms with Gasteiger partial charge in [-0.3, -0.25) is 24.0 Å². The van der Waals surface area contributed by atoms with Crippen molar-refractivity contribution in [1.82, 2.24) is 35.7 Å². The van der Waals surface area contributed by atoms with Crippen molar-refractivity contribution in [3.05, 3.63) is 54.1 Å². The van der Waals surface area contributed by atoms with Gasteiger partial charge in [0.2, 0.25) is 29.5 Å². The number of amides is 5. The largest absolute Gasteiger partial charge is 0.480 e. The van der Waals surface area contributed by atoms with Gasteiger partial charge < -0.3 is 41.6 Å². The number of nitrogens with two attached hydrogens (primary N) is 1. The molecule has 15 heteroatoms. The normalized spacial score (nSPS) is 20.5. The molecule has 1 aromatic heterocycles. The second kappa shape index (κ2) is 17.0. The molecule has 1 aromatic carbocycles. The second-order valence-electron chi connectivity index (χ2n) is 13.0. The highest BCUT2D eigenvalue weighted by atomic mass is 16.4. The summed E-state index contributed by atoms with van der Waals surface area (Å²) in [4.78, 5) is 88.8. The summed E-state index contributed by atoms with van der Waals surface area (Å²) in [6.45, 7) is 5.83. The van der Waals surface area contributed by atoms with Gasteiger partial charge in [0.05, 0.1) is 12.4 Å². The van der Waals surface area contributed by atoms with Crippen LogP contribution < -0.4 is 21.7 Å². The Balaban J connectivity index is 1.36. The number of aromatic amines is 1. The van der Waals surface area contributed by atoms with Gasteiger partial charge in [-0.05, 0) is 44.1 Å². The highest BCUT2D eigenvalue weighted by molar-refractivity contribution is 5.96. The summed E-state index contributed by atoms with van der Waals surface area (Å²) >= 11 is 0. The van der Waals surface area contributed by atoms with Gasteiger partial charge in [-0.2, -0.15) is 0 Å². The van der Waals surface area contributed by atoms with Gasteiger partial charge in [-0.1, -0.05) is 50.6 Å². The molecule has 2 fully saturated rings. The van der Waals surface area contributed by atoms with Crippen molar-refractivity contribution in [3.8, 4) is 0 Å². The van der Waals surface area contributed by atoms with Gasteiger partial charge in [0, 0.05) is 37.8 Å². The van der Waals surface area contributed by atoms with E-state index in [9.17, 15) is 33.9 Å². The lowest BCUT2D eigenvalue weighted by Gasteiger charge is -2.31. The van der Waals surface area contributed by atoms with E-state index in [0.717, 1.165) is 5.56 Å². The Labute approximate surface area is 285 Å². The van der Waals surface area contributed by atoms with Crippen LogP contribution >= 0.6 is 0 Å². The van der Waals surface area contributed by atoms with E-state index in [1.54, 1.807) is 37.4 Å². The fraction of sp³-hybridized carbons (Fsp3) is 0.559. The number of aromatic nitrogens is 2. The number of benzene rings is 1. The van der Waals surface area contributed by atoms with E-state index in [1.807, 2.05) is 13.0 Å². The predicted octanol–water partition coefficient (Wildman–Crippen LogP) is 0.109. The van der Waals surface area contributed by atoms with E-state index >= 15 is 0 Å². The van der Waals surface area contributed by atoms with Crippen molar-refractivity contribution in [2.75, 3.05) is 13.1 Å². The van der Waals surface area contributed by atoms with Crippen LogP contribution in [-0.4, -0.2) is 110 Å². The number of H-pyrrole nitrogens is 1. The lowest BCUT2D eigenvalue weighted by Crippen LogP contribution is -2.59. The molecule has 2 saturated heterocycles. The zero-order valence-corrected chi connectivity index (χ0v) is 28.3. The number of rotatable bonds is 15. The number of hydrogen-bond acceptors (Lipinski definition) is 8. The van der Waals surface area contributed by atoms with Crippen LogP contribution in [0.1, 0.15) is 64.1 Å². The van der Waals surface area contributed by atoms with Gasteiger partial charge in [-0.25, -0.2) is 9.78 Å². The molecule has 0 bridgehead atoms. The third-order valence-corrected chi connectivity index (χ3v) is 9.41. The molecular weight excluding hydrogens is 632 g/mol. The zero-order valence-electron chi connectivity index (χ0n) is 28.3. The van der Waals surface area contributed by atoms with E-state index in [-0.39, 0.29) is 31.2 Å². The van der Waals surface area contributed by atoms with Crippen LogP contribution in [0.3, 0.4) is 0 Å². The first kappa shape index (κ1) is 37.0. The first-order chi connectivity index (χ1) is 23.4. The Morgan fingerprint density at radius 3 is 2.10 bits per heavy atom. The summed E-state index contributed by atoms with van der Waals surface area (Å²) in [5.41, 5.74) is 7.59. The highest BCUT2D eigenvalue weighted by Crippen LogP contribution is 2.22. The summed E-state index contributed by atoms with van der Waals surface area (Å²) in [7, 11) is 0. The number of carbonyl (C=O) groups is 6. The van der Waals surface area contributed by atoms with Gasteiger partial charge >= 0.3 is 5.97 Å². The first-order valence-electron chi connectivity index (χ1n) is 16.9. The summed E-state index contributed by atoms with van der Waals surface area (Å²) in [5, 5.41) is 17.9. The Bertz CT molecular complexity index is 1470. The minimum Gasteiger partial charge on any atom is -0.480 e. The Morgan fingerprint density at radius 1 is 0.918 bits per heavy atom. The maximum Gasteiger partial charge on any atom is 0.326 e. The first-order valence-corrected chi connectivity index (χ1v) is 16.9.